The summed E-state index contributed by atoms with van der Waals surface area (Å²) in [6, 6.07) is -1.47. The van der Waals surface area contributed by atoms with Crippen LogP contribution in [-0.4, -0.2) is 48.9 Å². The van der Waals surface area contributed by atoms with Gasteiger partial charge in [-0.25, -0.2) is 4.79 Å². The monoisotopic (exact) mass is 315 g/mol. The molecule has 0 radical (unpaired) electrons. The van der Waals surface area contributed by atoms with Crippen LogP contribution in [0.5, 0.6) is 0 Å². The van der Waals surface area contributed by atoms with E-state index in [2.05, 4.69) is 10.6 Å². The molecule has 1 aliphatic heterocycles. The summed E-state index contributed by atoms with van der Waals surface area (Å²) >= 11 is 0. The van der Waals surface area contributed by atoms with Crippen LogP contribution in [0.2, 0.25) is 0 Å². The number of nitrogens with two attached hydrogens (primary N) is 1. The van der Waals surface area contributed by atoms with Crippen LogP contribution < -0.4 is 16.4 Å². The zero-order chi connectivity index (χ0) is 16.9. The molecule has 1 rings (SSSR count). The van der Waals surface area contributed by atoms with Gasteiger partial charge in [-0.3, -0.25) is 10.1 Å². The molecule has 1 fully saturated rings. The number of aliphatic hydroxyl groups excluding tert-OH is 1. The lowest BCUT2D eigenvalue weighted by Crippen LogP contribution is -2.50. The summed E-state index contributed by atoms with van der Waals surface area (Å²) in [5.41, 5.74) is 5.82. The maximum absolute atomic E-state index is 12.2. The van der Waals surface area contributed by atoms with E-state index in [-0.39, 0.29) is 17.2 Å². The minimum Gasteiger partial charge on any atom is -0.467 e. The third kappa shape index (κ3) is 5.90. The predicted molar refractivity (Wildman–Crippen MR) is 82.7 cm³/mol. The van der Waals surface area contributed by atoms with Crippen LogP contribution in [0.4, 0.5) is 0 Å². The molecule has 1 heterocycles. The highest BCUT2D eigenvalue weighted by molar-refractivity contribution is 5.87. The Kier molecular flexibility index (Phi) is 6.77. The zero-order valence-electron chi connectivity index (χ0n) is 13.9. The molecule has 22 heavy (non-hydrogen) atoms. The van der Waals surface area contributed by atoms with Gasteiger partial charge in [-0.1, -0.05) is 20.8 Å². The van der Waals surface area contributed by atoms with Crippen molar-refractivity contribution in [1.82, 2.24) is 10.6 Å². The number of amides is 1. The van der Waals surface area contributed by atoms with E-state index in [9.17, 15) is 14.7 Å². The third-order valence-electron chi connectivity index (χ3n) is 3.82. The standard InChI is InChI=1S/C15H29N3O4/c1-15(2,3)8-10(16)13(20)18-11(14(21)22-4)7-9-5-6-17-12(9)19/h9-12,17,19H,5-8,16H2,1-4H3,(H,18,20)/t9-,10-,11-,12?/m0/s1. The van der Waals surface area contributed by atoms with Crippen LogP contribution in [0, 0.1) is 11.3 Å². The zero-order valence-corrected chi connectivity index (χ0v) is 13.9. The smallest absolute Gasteiger partial charge is 0.328 e. The molecule has 0 saturated carbocycles. The van der Waals surface area contributed by atoms with E-state index < -0.39 is 24.3 Å². The van der Waals surface area contributed by atoms with Crippen LogP contribution in [-0.2, 0) is 14.3 Å². The summed E-state index contributed by atoms with van der Waals surface area (Å²) in [4.78, 5) is 24.1. The van der Waals surface area contributed by atoms with Crippen LogP contribution in [0.3, 0.4) is 0 Å². The molecule has 1 aliphatic rings. The van der Waals surface area contributed by atoms with Crippen molar-refractivity contribution in [2.24, 2.45) is 17.1 Å². The molecule has 1 unspecified atom stereocenters. The van der Waals surface area contributed by atoms with Crippen LogP contribution in [0.25, 0.3) is 0 Å². The van der Waals surface area contributed by atoms with Gasteiger partial charge in [-0.05, 0) is 31.2 Å². The molecule has 0 aromatic rings. The van der Waals surface area contributed by atoms with Crippen molar-refractivity contribution in [3.63, 3.8) is 0 Å². The van der Waals surface area contributed by atoms with Crippen LogP contribution >= 0.6 is 0 Å². The lowest BCUT2D eigenvalue weighted by molar-refractivity contribution is -0.146. The Labute approximate surface area is 132 Å². The average molecular weight is 315 g/mol. The second-order valence-corrected chi connectivity index (χ2v) is 7.14. The molecule has 0 bridgehead atoms. The second kappa shape index (κ2) is 7.89. The summed E-state index contributed by atoms with van der Waals surface area (Å²) in [7, 11) is 1.28. The largest absolute Gasteiger partial charge is 0.467 e. The fourth-order valence-electron chi connectivity index (χ4n) is 2.68. The molecular weight excluding hydrogens is 286 g/mol. The number of aliphatic hydroxyl groups is 1. The average Bonchev–Trinajstić information content (AvgIpc) is 2.80. The Morgan fingerprint density at radius 2 is 2.09 bits per heavy atom. The first-order valence-electron chi connectivity index (χ1n) is 7.69. The van der Waals surface area contributed by atoms with Gasteiger partial charge in [0.25, 0.3) is 0 Å². The number of rotatable bonds is 6. The van der Waals surface area contributed by atoms with Crippen molar-refractivity contribution < 1.29 is 19.4 Å². The highest BCUT2D eigenvalue weighted by Gasteiger charge is 2.33. The number of methoxy groups -OCH3 is 1. The molecule has 128 valence electrons. The maximum atomic E-state index is 12.2. The topological polar surface area (TPSA) is 114 Å². The number of carbonyl (C=O) groups is 2. The summed E-state index contributed by atoms with van der Waals surface area (Å²) in [5.74, 6) is -0.982. The molecule has 7 heteroatoms. The van der Waals surface area contributed by atoms with Gasteiger partial charge < -0.3 is 20.9 Å². The Morgan fingerprint density at radius 3 is 2.55 bits per heavy atom. The lowest BCUT2D eigenvalue weighted by atomic mass is 9.88. The van der Waals surface area contributed by atoms with Crippen molar-refractivity contribution in [3.8, 4) is 0 Å². The second-order valence-electron chi connectivity index (χ2n) is 7.14. The first-order valence-corrected chi connectivity index (χ1v) is 7.69. The van der Waals surface area contributed by atoms with Crippen molar-refractivity contribution in [1.29, 1.82) is 0 Å². The first-order chi connectivity index (χ1) is 10.1. The van der Waals surface area contributed by atoms with Gasteiger partial charge in [0.1, 0.15) is 12.3 Å². The molecule has 0 aliphatic carbocycles. The van der Waals surface area contributed by atoms with E-state index in [1.165, 1.54) is 7.11 Å². The Bertz CT molecular complexity index is 395. The van der Waals surface area contributed by atoms with E-state index in [4.69, 9.17) is 10.5 Å². The molecule has 4 atom stereocenters. The number of carbonyl (C=O) groups excluding carboxylic acids is 2. The van der Waals surface area contributed by atoms with Gasteiger partial charge in [0.2, 0.25) is 5.91 Å². The van der Waals surface area contributed by atoms with Crippen molar-refractivity contribution >= 4 is 11.9 Å². The molecular formula is C15H29N3O4. The van der Waals surface area contributed by atoms with Crippen molar-refractivity contribution in [2.75, 3.05) is 13.7 Å². The summed E-state index contributed by atoms with van der Waals surface area (Å²) in [6.45, 7) is 6.69. The minimum atomic E-state index is -0.789. The summed E-state index contributed by atoms with van der Waals surface area (Å²) in [5, 5.41) is 15.4. The van der Waals surface area contributed by atoms with Gasteiger partial charge in [0.15, 0.2) is 0 Å². The van der Waals surface area contributed by atoms with E-state index in [0.717, 1.165) is 6.42 Å². The molecule has 0 aromatic heterocycles. The normalized spacial score (nSPS) is 24.6. The van der Waals surface area contributed by atoms with E-state index in [1.807, 2.05) is 20.8 Å². The van der Waals surface area contributed by atoms with Gasteiger partial charge in [-0.15, -0.1) is 0 Å². The van der Waals surface area contributed by atoms with E-state index >= 15 is 0 Å². The quantitative estimate of drug-likeness (QED) is 0.502. The molecule has 0 spiro atoms. The lowest BCUT2D eigenvalue weighted by Gasteiger charge is -2.26. The highest BCUT2D eigenvalue weighted by atomic mass is 16.5. The fourth-order valence-corrected chi connectivity index (χ4v) is 2.68. The van der Waals surface area contributed by atoms with Crippen LogP contribution in [0.1, 0.15) is 40.0 Å². The Balaban J connectivity index is 2.64. The predicted octanol–water partition coefficient (Wildman–Crippen LogP) is -0.274. The molecule has 5 N–H and O–H groups in total. The molecule has 0 aromatic carbocycles. The third-order valence-corrected chi connectivity index (χ3v) is 3.82. The maximum Gasteiger partial charge on any atom is 0.328 e. The van der Waals surface area contributed by atoms with Gasteiger partial charge in [0.05, 0.1) is 13.2 Å². The molecule has 1 saturated heterocycles. The highest BCUT2D eigenvalue weighted by Crippen LogP contribution is 2.22. The number of hydrogen-bond acceptors (Lipinski definition) is 6. The number of nitrogens with one attached hydrogen (secondary N) is 2. The Morgan fingerprint density at radius 1 is 1.45 bits per heavy atom. The number of esters is 1. The van der Waals surface area contributed by atoms with Crippen LogP contribution in [0.15, 0.2) is 0 Å². The minimum absolute atomic E-state index is 0.0803. The molecule has 1 amide bonds. The summed E-state index contributed by atoms with van der Waals surface area (Å²) < 4.78 is 4.74. The number of hydrogen-bond donors (Lipinski definition) is 4. The molecule has 7 nitrogen and oxygen atoms in total. The fraction of sp³-hybridized carbons (Fsp3) is 0.867. The summed E-state index contributed by atoms with van der Waals surface area (Å²) in [6.07, 6.45) is 0.931. The SMILES string of the molecule is COC(=O)[C@H](C[C@@H]1CCNC1O)NC(=O)[C@@H](N)CC(C)(C)C. The van der Waals surface area contributed by atoms with Gasteiger partial charge in [-0.2, -0.15) is 0 Å². The van der Waals surface area contributed by atoms with Crippen molar-refractivity contribution in [2.45, 2.75) is 58.3 Å². The number of ether oxygens (including phenoxy) is 1. The van der Waals surface area contributed by atoms with Gasteiger partial charge in [0, 0.05) is 5.92 Å². The van der Waals surface area contributed by atoms with Gasteiger partial charge >= 0.3 is 5.97 Å². The van der Waals surface area contributed by atoms with E-state index in [0.29, 0.717) is 19.4 Å². The first kappa shape index (κ1) is 18.9. The Hall–Kier alpha value is -1.18. The van der Waals surface area contributed by atoms with Crippen molar-refractivity contribution in [3.05, 3.63) is 0 Å². The van der Waals surface area contributed by atoms with E-state index in [1.54, 1.807) is 0 Å².